The Morgan fingerprint density at radius 3 is 2.17 bits per heavy atom. The molecular formula is C15H20O2S. The van der Waals surface area contributed by atoms with Crippen LogP contribution in [0.5, 0.6) is 0 Å². The van der Waals surface area contributed by atoms with E-state index in [9.17, 15) is 9.59 Å². The second kappa shape index (κ2) is 8.59. The van der Waals surface area contributed by atoms with Crippen molar-refractivity contribution in [2.45, 2.75) is 34.6 Å². The summed E-state index contributed by atoms with van der Waals surface area (Å²) in [4.78, 5) is 23.0. The summed E-state index contributed by atoms with van der Waals surface area (Å²) in [5, 5.41) is 0.695. The first kappa shape index (κ1) is 16.5. The molecule has 2 nitrogen and oxygen atoms in total. The first-order valence-electron chi connectivity index (χ1n) is 6.21. The van der Waals surface area contributed by atoms with E-state index in [1.54, 1.807) is 13.0 Å². The highest BCUT2D eigenvalue weighted by atomic mass is 32.1. The molecular weight excluding hydrogens is 244 g/mol. The SMILES string of the molecule is CC.CC.Cc1c(C=O)sc2ccccc2c1=O. The molecule has 0 amide bonds. The Bertz CT molecular complexity index is 556. The summed E-state index contributed by atoms with van der Waals surface area (Å²) < 4.78 is 0.866. The molecule has 0 aliphatic heterocycles. The molecule has 2 aromatic rings. The average molecular weight is 264 g/mol. The van der Waals surface area contributed by atoms with Gasteiger partial charge in [-0.15, -0.1) is 11.3 Å². The summed E-state index contributed by atoms with van der Waals surface area (Å²) in [7, 11) is 0. The summed E-state index contributed by atoms with van der Waals surface area (Å²) >= 11 is 1.36. The molecule has 0 saturated heterocycles. The zero-order chi connectivity index (χ0) is 14.1. The molecule has 0 atom stereocenters. The number of rotatable bonds is 1. The maximum Gasteiger partial charge on any atom is 0.191 e. The fraction of sp³-hybridized carbons (Fsp3) is 0.333. The molecule has 0 bridgehead atoms. The molecule has 98 valence electrons. The van der Waals surface area contributed by atoms with Crippen LogP contribution in [-0.4, -0.2) is 6.29 Å². The first-order chi connectivity index (χ1) is 8.74. The number of hydrogen-bond donors (Lipinski definition) is 0. The molecule has 3 heteroatoms. The Labute approximate surface area is 112 Å². The summed E-state index contributed by atoms with van der Waals surface area (Å²) in [6, 6.07) is 7.34. The van der Waals surface area contributed by atoms with E-state index < -0.39 is 0 Å². The van der Waals surface area contributed by atoms with Crippen molar-refractivity contribution in [3.05, 3.63) is 44.9 Å². The van der Waals surface area contributed by atoms with E-state index in [0.717, 1.165) is 11.0 Å². The molecule has 0 fully saturated rings. The van der Waals surface area contributed by atoms with Gasteiger partial charge in [-0.1, -0.05) is 39.8 Å². The first-order valence-corrected chi connectivity index (χ1v) is 7.03. The minimum absolute atomic E-state index is 0.0403. The highest BCUT2D eigenvalue weighted by Crippen LogP contribution is 2.19. The topological polar surface area (TPSA) is 34.1 Å². The van der Waals surface area contributed by atoms with Crippen LogP contribution in [0, 0.1) is 6.92 Å². The predicted molar refractivity (Wildman–Crippen MR) is 80.9 cm³/mol. The lowest BCUT2D eigenvalue weighted by atomic mass is 10.2. The average Bonchev–Trinajstić information content (AvgIpc) is 2.47. The molecule has 0 unspecified atom stereocenters. The van der Waals surface area contributed by atoms with Crippen molar-refractivity contribution >= 4 is 27.7 Å². The van der Waals surface area contributed by atoms with E-state index in [-0.39, 0.29) is 5.43 Å². The van der Waals surface area contributed by atoms with Gasteiger partial charge in [0.2, 0.25) is 0 Å². The second-order valence-electron chi connectivity index (χ2n) is 3.03. The standard InChI is InChI=1S/C11H8O2S.2C2H6/c1-7-10(6-12)14-9-5-3-2-4-8(9)11(7)13;2*1-2/h2-6H,1H3;2*1-2H3. The van der Waals surface area contributed by atoms with Crippen molar-refractivity contribution in [2.75, 3.05) is 0 Å². The van der Waals surface area contributed by atoms with Crippen LogP contribution >= 0.6 is 11.3 Å². The molecule has 0 spiro atoms. The Kier molecular flexibility index (Phi) is 7.88. The molecule has 2 rings (SSSR count). The number of hydrogen-bond acceptors (Lipinski definition) is 3. The number of carbonyl (C=O) groups excluding carboxylic acids is 1. The van der Waals surface area contributed by atoms with Crippen LogP contribution in [0.2, 0.25) is 0 Å². The predicted octanol–water partition coefficient (Wildman–Crippen LogP) is 4.43. The van der Waals surface area contributed by atoms with Gasteiger partial charge in [0.15, 0.2) is 11.7 Å². The van der Waals surface area contributed by atoms with Gasteiger partial charge in [0.1, 0.15) is 0 Å². The van der Waals surface area contributed by atoms with Crippen molar-refractivity contribution in [2.24, 2.45) is 0 Å². The van der Waals surface area contributed by atoms with Crippen LogP contribution < -0.4 is 5.43 Å². The highest BCUT2D eigenvalue weighted by molar-refractivity contribution is 7.19. The van der Waals surface area contributed by atoms with Crippen LogP contribution in [0.25, 0.3) is 10.1 Å². The third-order valence-electron chi connectivity index (χ3n) is 2.17. The van der Waals surface area contributed by atoms with Gasteiger partial charge in [-0.05, 0) is 19.1 Å². The number of benzene rings is 1. The van der Waals surface area contributed by atoms with E-state index in [0.29, 0.717) is 15.8 Å². The zero-order valence-electron chi connectivity index (χ0n) is 11.6. The summed E-state index contributed by atoms with van der Waals surface area (Å²) in [5.41, 5.74) is 0.505. The Morgan fingerprint density at radius 2 is 1.61 bits per heavy atom. The van der Waals surface area contributed by atoms with Crippen molar-refractivity contribution in [3.8, 4) is 0 Å². The fourth-order valence-corrected chi connectivity index (χ4v) is 2.31. The molecule has 1 heterocycles. The number of fused-ring (bicyclic) bond motifs is 1. The maximum atomic E-state index is 11.8. The van der Waals surface area contributed by atoms with Crippen LogP contribution in [0.4, 0.5) is 0 Å². The van der Waals surface area contributed by atoms with E-state index in [4.69, 9.17) is 0 Å². The molecule has 1 aromatic heterocycles. The quantitative estimate of drug-likeness (QED) is 0.714. The maximum absolute atomic E-state index is 11.8. The van der Waals surface area contributed by atoms with Crippen LogP contribution in [0.15, 0.2) is 29.1 Å². The third kappa shape index (κ3) is 3.50. The minimum atomic E-state index is -0.0403. The lowest BCUT2D eigenvalue weighted by Crippen LogP contribution is -2.06. The second-order valence-corrected chi connectivity index (χ2v) is 4.12. The monoisotopic (exact) mass is 264 g/mol. The van der Waals surface area contributed by atoms with Gasteiger partial charge in [-0.3, -0.25) is 9.59 Å². The lowest BCUT2D eigenvalue weighted by molar-refractivity contribution is 0.112. The van der Waals surface area contributed by atoms with Crippen molar-refractivity contribution in [1.29, 1.82) is 0 Å². The van der Waals surface area contributed by atoms with Gasteiger partial charge in [0.05, 0.1) is 4.88 Å². The van der Waals surface area contributed by atoms with Gasteiger partial charge >= 0.3 is 0 Å². The van der Waals surface area contributed by atoms with Crippen molar-refractivity contribution < 1.29 is 4.79 Å². The normalized spacial score (nSPS) is 8.72. The van der Waals surface area contributed by atoms with E-state index in [1.165, 1.54) is 11.3 Å². The highest BCUT2D eigenvalue weighted by Gasteiger charge is 2.06. The molecule has 1 aromatic carbocycles. The van der Waals surface area contributed by atoms with E-state index in [1.807, 2.05) is 45.9 Å². The zero-order valence-corrected chi connectivity index (χ0v) is 12.4. The largest absolute Gasteiger partial charge is 0.297 e. The Morgan fingerprint density at radius 1 is 1.06 bits per heavy atom. The fourth-order valence-electron chi connectivity index (χ4n) is 1.36. The molecule has 0 radical (unpaired) electrons. The molecule has 0 aliphatic carbocycles. The van der Waals surface area contributed by atoms with Gasteiger partial charge in [0, 0.05) is 15.6 Å². The van der Waals surface area contributed by atoms with Gasteiger partial charge in [-0.25, -0.2) is 0 Å². The smallest absolute Gasteiger partial charge is 0.191 e. The molecule has 18 heavy (non-hydrogen) atoms. The number of aldehydes is 1. The van der Waals surface area contributed by atoms with Crippen LogP contribution in [-0.2, 0) is 0 Å². The molecule has 0 aliphatic rings. The molecule has 0 N–H and O–H groups in total. The third-order valence-corrected chi connectivity index (χ3v) is 3.37. The minimum Gasteiger partial charge on any atom is -0.297 e. The van der Waals surface area contributed by atoms with E-state index >= 15 is 0 Å². The van der Waals surface area contributed by atoms with Crippen molar-refractivity contribution in [3.63, 3.8) is 0 Å². The van der Waals surface area contributed by atoms with Crippen molar-refractivity contribution in [1.82, 2.24) is 0 Å². The summed E-state index contributed by atoms with van der Waals surface area (Å²) in [6.45, 7) is 9.69. The molecule has 0 saturated carbocycles. The summed E-state index contributed by atoms with van der Waals surface area (Å²) in [6.07, 6.45) is 0.744. The lowest BCUT2D eigenvalue weighted by Gasteiger charge is -1.99. The summed E-state index contributed by atoms with van der Waals surface area (Å²) in [5.74, 6) is 0. The number of carbonyl (C=O) groups is 1. The Hall–Kier alpha value is -1.48. The van der Waals surface area contributed by atoms with Crippen LogP contribution in [0.1, 0.15) is 42.9 Å². The van der Waals surface area contributed by atoms with E-state index in [2.05, 4.69) is 0 Å². The van der Waals surface area contributed by atoms with Gasteiger partial charge in [-0.2, -0.15) is 0 Å². The van der Waals surface area contributed by atoms with Crippen LogP contribution in [0.3, 0.4) is 0 Å². The Balaban J connectivity index is 0.000000659. The van der Waals surface area contributed by atoms with Gasteiger partial charge < -0.3 is 0 Å². The van der Waals surface area contributed by atoms with Gasteiger partial charge in [0.25, 0.3) is 0 Å².